The minimum absolute atomic E-state index is 0.246. The van der Waals surface area contributed by atoms with E-state index in [-0.39, 0.29) is 11.9 Å². The molecule has 1 unspecified atom stereocenters. The summed E-state index contributed by atoms with van der Waals surface area (Å²) in [5, 5.41) is 3.48. The van der Waals surface area contributed by atoms with Crippen molar-refractivity contribution in [2.75, 3.05) is 12.4 Å². The van der Waals surface area contributed by atoms with Crippen LogP contribution < -0.4 is 5.32 Å². The van der Waals surface area contributed by atoms with E-state index >= 15 is 0 Å². The number of benzene rings is 1. The monoisotopic (exact) mass is 397 g/mol. The Bertz CT molecular complexity index is 893. The van der Waals surface area contributed by atoms with E-state index in [4.69, 9.17) is 4.74 Å². The molecule has 3 rings (SSSR count). The molecule has 0 bridgehead atoms. The Labute approximate surface area is 170 Å². The van der Waals surface area contributed by atoms with Gasteiger partial charge in [-0.15, -0.1) is 11.3 Å². The third kappa shape index (κ3) is 4.53. The Morgan fingerprint density at radius 2 is 1.96 bits per heavy atom. The van der Waals surface area contributed by atoms with Gasteiger partial charge in [-0.3, -0.25) is 4.79 Å². The van der Waals surface area contributed by atoms with Crippen molar-refractivity contribution in [3.05, 3.63) is 57.5 Å². The molecule has 28 heavy (non-hydrogen) atoms. The van der Waals surface area contributed by atoms with Crippen LogP contribution in [0.4, 0.5) is 5.00 Å². The fraction of sp³-hybridized carbons (Fsp3) is 0.391. The van der Waals surface area contributed by atoms with Gasteiger partial charge in [0.1, 0.15) is 5.00 Å². The van der Waals surface area contributed by atoms with E-state index in [1.165, 1.54) is 35.0 Å². The van der Waals surface area contributed by atoms with Crippen molar-refractivity contribution < 1.29 is 14.3 Å². The number of fused-ring (bicyclic) bond motifs is 1. The van der Waals surface area contributed by atoms with E-state index in [2.05, 4.69) is 38.2 Å². The molecule has 1 amide bonds. The fourth-order valence-corrected chi connectivity index (χ4v) is 4.88. The van der Waals surface area contributed by atoms with Gasteiger partial charge in [0.25, 0.3) is 0 Å². The van der Waals surface area contributed by atoms with E-state index in [9.17, 15) is 9.59 Å². The quantitative estimate of drug-likeness (QED) is 0.540. The van der Waals surface area contributed by atoms with Crippen LogP contribution in [0.15, 0.2) is 30.3 Å². The van der Waals surface area contributed by atoms with Crippen molar-refractivity contribution in [3.8, 4) is 0 Å². The van der Waals surface area contributed by atoms with Gasteiger partial charge in [-0.05, 0) is 53.9 Å². The number of hydrogen-bond donors (Lipinski definition) is 1. The van der Waals surface area contributed by atoms with E-state index < -0.39 is 0 Å². The Kier molecular flexibility index (Phi) is 6.35. The molecule has 0 fully saturated rings. The number of amides is 1. The van der Waals surface area contributed by atoms with Gasteiger partial charge in [-0.1, -0.05) is 45.0 Å². The Balaban J connectivity index is 1.77. The molecule has 0 radical (unpaired) electrons. The molecular weight excluding hydrogens is 370 g/mol. The minimum Gasteiger partial charge on any atom is -0.465 e. The first-order valence-corrected chi connectivity index (χ1v) is 10.5. The summed E-state index contributed by atoms with van der Waals surface area (Å²) in [6.07, 6.45) is 6.14. The van der Waals surface area contributed by atoms with Crippen LogP contribution in [-0.2, 0) is 22.4 Å². The van der Waals surface area contributed by atoms with Crippen LogP contribution in [0.1, 0.15) is 65.0 Å². The first kappa shape index (κ1) is 20.3. The summed E-state index contributed by atoms with van der Waals surface area (Å²) in [6.45, 7) is 6.52. The molecular formula is C23H27NO3S. The third-order valence-corrected chi connectivity index (χ3v) is 6.34. The number of thiophene rings is 1. The Hall–Kier alpha value is -2.40. The maximum Gasteiger partial charge on any atom is 0.341 e. The standard InChI is InChI=1S/C23H27NO3S/c1-14(2)17-9-6-16(7-10-17)8-12-20(25)24-22-21(23(26)27-4)18-11-5-15(3)13-19(18)28-22/h6-10,12,14-15H,5,11,13H2,1-4H3,(H,24,25)/b12-8+. The first-order chi connectivity index (χ1) is 13.4. The van der Waals surface area contributed by atoms with Crippen molar-refractivity contribution in [2.24, 2.45) is 5.92 Å². The summed E-state index contributed by atoms with van der Waals surface area (Å²) >= 11 is 1.50. The average Bonchev–Trinajstić information content (AvgIpc) is 3.02. The molecule has 1 atom stereocenters. The number of anilines is 1. The lowest BCUT2D eigenvalue weighted by atomic mass is 9.88. The number of carbonyl (C=O) groups is 2. The SMILES string of the molecule is COC(=O)c1c(NC(=O)/C=C/c2ccc(C(C)C)cc2)sc2c1CCC(C)C2. The highest BCUT2D eigenvalue weighted by Crippen LogP contribution is 2.40. The highest BCUT2D eigenvalue weighted by molar-refractivity contribution is 7.17. The zero-order chi connectivity index (χ0) is 20.3. The van der Waals surface area contributed by atoms with Gasteiger partial charge in [0, 0.05) is 11.0 Å². The fourth-order valence-electron chi connectivity index (χ4n) is 3.47. The number of hydrogen-bond acceptors (Lipinski definition) is 4. The summed E-state index contributed by atoms with van der Waals surface area (Å²) in [6, 6.07) is 8.16. The van der Waals surface area contributed by atoms with Crippen molar-refractivity contribution in [3.63, 3.8) is 0 Å². The third-order valence-electron chi connectivity index (χ3n) is 5.17. The Morgan fingerprint density at radius 3 is 2.61 bits per heavy atom. The summed E-state index contributed by atoms with van der Waals surface area (Å²) < 4.78 is 4.97. The molecule has 0 spiro atoms. The van der Waals surface area contributed by atoms with Gasteiger partial charge in [0.05, 0.1) is 12.7 Å². The predicted octanol–water partition coefficient (Wildman–Crippen LogP) is 5.43. The van der Waals surface area contributed by atoms with Gasteiger partial charge >= 0.3 is 5.97 Å². The van der Waals surface area contributed by atoms with Gasteiger partial charge in [-0.2, -0.15) is 0 Å². The molecule has 1 aromatic heterocycles. The average molecular weight is 398 g/mol. The topological polar surface area (TPSA) is 55.4 Å². The summed E-state index contributed by atoms with van der Waals surface area (Å²) in [7, 11) is 1.38. The maximum absolute atomic E-state index is 12.5. The lowest BCUT2D eigenvalue weighted by molar-refractivity contribution is -0.111. The smallest absolute Gasteiger partial charge is 0.341 e. The number of nitrogens with one attached hydrogen (secondary N) is 1. The molecule has 148 valence electrons. The van der Waals surface area contributed by atoms with Gasteiger partial charge in [0.15, 0.2) is 0 Å². The number of rotatable bonds is 5. The molecule has 1 aliphatic rings. The van der Waals surface area contributed by atoms with Gasteiger partial charge in [-0.25, -0.2) is 4.79 Å². The zero-order valence-corrected chi connectivity index (χ0v) is 17.7. The largest absolute Gasteiger partial charge is 0.465 e. The van der Waals surface area contributed by atoms with Crippen molar-refractivity contribution in [2.45, 2.75) is 46.0 Å². The molecule has 1 aromatic carbocycles. The first-order valence-electron chi connectivity index (χ1n) is 9.71. The number of methoxy groups -OCH3 is 1. The molecule has 5 heteroatoms. The van der Waals surface area contributed by atoms with Crippen LogP contribution in [0, 0.1) is 5.92 Å². The van der Waals surface area contributed by atoms with Crippen molar-refractivity contribution in [1.29, 1.82) is 0 Å². The number of carbonyl (C=O) groups excluding carboxylic acids is 2. The van der Waals surface area contributed by atoms with Crippen LogP contribution in [0.3, 0.4) is 0 Å². The summed E-state index contributed by atoms with van der Waals surface area (Å²) in [4.78, 5) is 26.0. The number of ether oxygens (including phenoxy) is 1. The second kappa shape index (κ2) is 8.74. The van der Waals surface area contributed by atoms with Crippen molar-refractivity contribution >= 4 is 34.3 Å². The summed E-state index contributed by atoms with van der Waals surface area (Å²) in [5.41, 5.74) is 3.80. The van der Waals surface area contributed by atoms with Crippen LogP contribution in [0.5, 0.6) is 0 Å². The normalized spacial score (nSPS) is 16.2. The maximum atomic E-state index is 12.5. The second-order valence-corrected chi connectivity index (χ2v) is 8.80. The van der Waals surface area contributed by atoms with E-state index in [1.54, 1.807) is 6.08 Å². The molecule has 0 saturated heterocycles. The van der Waals surface area contributed by atoms with E-state index in [0.717, 1.165) is 30.4 Å². The van der Waals surface area contributed by atoms with Gasteiger partial charge < -0.3 is 10.1 Å². The highest BCUT2D eigenvalue weighted by Gasteiger charge is 2.28. The molecule has 0 aliphatic heterocycles. The van der Waals surface area contributed by atoms with Crippen LogP contribution in [-0.4, -0.2) is 19.0 Å². The van der Waals surface area contributed by atoms with E-state index in [1.807, 2.05) is 12.1 Å². The van der Waals surface area contributed by atoms with E-state index in [0.29, 0.717) is 22.4 Å². The Morgan fingerprint density at radius 1 is 1.25 bits per heavy atom. The lowest BCUT2D eigenvalue weighted by Crippen LogP contribution is -2.14. The second-order valence-electron chi connectivity index (χ2n) is 7.69. The molecule has 1 heterocycles. The van der Waals surface area contributed by atoms with Crippen LogP contribution in [0.2, 0.25) is 0 Å². The van der Waals surface area contributed by atoms with Crippen LogP contribution in [0.25, 0.3) is 6.08 Å². The van der Waals surface area contributed by atoms with Crippen molar-refractivity contribution in [1.82, 2.24) is 0 Å². The van der Waals surface area contributed by atoms with Gasteiger partial charge in [0.2, 0.25) is 5.91 Å². The molecule has 4 nitrogen and oxygen atoms in total. The highest BCUT2D eigenvalue weighted by atomic mass is 32.1. The molecule has 1 aliphatic carbocycles. The predicted molar refractivity (Wildman–Crippen MR) is 115 cm³/mol. The minimum atomic E-state index is -0.379. The van der Waals surface area contributed by atoms with Crippen LogP contribution >= 0.6 is 11.3 Å². The number of esters is 1. The molecule has 1 N–H and O–H groups in total. The lowest BCUT2D eigenvalue weighted by Gasteiger charge is -2.18. The molecule has 0 saturated carbocycles. The summed E-state index contributed by atoms with van der Waals surface area (Å²) in [5.74, 6) is 0.444. The zero-order valence-electron chi connectivity index (χ0n) is 16.9. The molecule has 2 aromatic rings.